The van der Waals surface area contributed by atoms with Gasteiger partial charge in [0, 0.05) is 26.1 Å². The highest BCUT2D eigenvalue weighted by Gasteiger charge is 2.24. The van der Waals surface area contributed by atoms with Crippen molar-refractivity contribution in [3.8, 4) is 5.75 Å². The molecule has 1 aliphatic heterocycles. The molecule has 0 aromatic heterocycles. The quantitative estimate of drug-likeness (QED) is 0.720. The number of nitrogens with one attached hydrogen (secondary N) is 1. The number of rotatable bonds is 6. The second kappa shape index (κ2) is 9.99. The minimum absolute atomic E-state index is 0.0996. The molecule has 0 bridgehead atoms. The molecule has 1 aliphatic carbocycles. The first kappa shape index (κ1) is 20.8. The lowest BCUT2D eigenvalue weighted by atomic mass is 9.84. The third kappa shape index (κ3) is 6.27. The Hall–Kier alpha value is -0.970. The molecule has 1 aromatic rings. The van der Waals surface area contributed by atoms with Crippen LogP contribution < -0.4 is 10.1 Å². The lowest BCUT2D eigenvalue weighted by Crippen LogP contribution is -2.40. The first-order valence-electron chi connectivity index (χ1n) is 10.1. The van der Waals surface area contributed by atoms with Gasteiger partial charge in [-0.05, 0) is 69.5 Å². The molecule has 6 heteroatoms. The summed E-state index contributed by atoms with van der Waals surface area (Å²) in [6.07, 6.45) is 8.25. The molecule has 1 aromatic carbocycles. The molecule has 27 heavy (non-hydrogen) atoms. The van der Waals surface area contributed by atoms with Gasteiger partial charge in [0.05, 0.1) is 5.02 Å². The van der Waals surface area contributed by atoms with Crippen LogP contribution in [0.3, 0.4) is 0 Å². The van der Waals surface area contributed by atoms with Crippen LogP contribution in [0.25, 0.3) is 0 Å². The van der Waals surface area contributed by atoms with E-state index in [0.29, 0.717) is 21.8 Å². The van der Waals surface area contributed by atoms with Crippen molar-refractivity contribution < 1.29 is 9.53 Å². The zero-order valence-electron chi connectivity index (χ0n) is 16.1. The Kier molecular flexibility index (Phi) is 7.68. The maximum absolute atomic E-state index is 11.2. The summed E-state index contributed by atoms with van der Waals surface area (Å²) >= 11 is 12.3. The van der Waals surface area contributed by atoms with Gasteiger partial charge in [-0.2, -0.15) is 0 Å². The van der Waals surface area contributed by atoms with E-state index in [2.05, 4.69) is 10.2 Å². The van der Waals surface area contributed by atoms with Crippen molar-refractivity contribution in [1.82, 2.24) is 10.2 Å². The molecule has 2 aliphatic rings. The van der Waals surface area contributed by atoms with Crippen LogP contribution in [0.5, 0.6) is 5.75 Å². The molecule has 4 nitrogen and oxygen atoms in total. The van der Waals surface area contributed by atoms with E-state index in [9.17, 15) is 4.79 Å². The molecular weight excluding hydrogens is 383 g/mol. The Labute approximate surface area is 172 Å². The van der Waals surface area contributed by atoms with Crippen LogP contribution in [0.4, 0.5) is 0 Å². The van der Waals surface area contributed by atoms with E-state index in [0.717, 1.165) is 44.7 Å². The van der Waals surface area contributed by atoms with Crippen molar-refractivity contribution in [2.75, 3.05) is 19.6 Å². The van der Waals surface area contributed by atoms with Crippen molar-refractivity contribution >= 4 is 29.1 Å². The second-order valence-electron chi connectivity index (χ2n) is 7.92. The van der Waals surface area contributed by atoms with Crippen LogP contribution in [0.2, 0.25) is 10.0 Å². The molecule has 1 heterocycles. The van der Waals surface area contributed by atoms with Gasteiger partial charge in [0.2, 0.25) is 5.91 Å². The average molecular weight is 413 g/mol. The van der Waals surface area contributed by atoms with Crippen LogP contribution in [-0.4, -0.2) is 42.6 Å². The van der Waals surface area contributed by atoms with Crippen LogP contribution in [0.1, 0.15) is 51.9 Å². The number of halogens is 2. The number of carbonyl (C=O) groups is 1. The Balaban J connectivity index is 1.34. The number of amides is 1. The molecule has 0 unspecified atom stereocenters. The van der Waals surface area contributed by atoms with Crippen LogP contribution >= 0.6 is 23.2 Å². The number of benzene rings is 1. The number of hydrogen-bond donors (Lipinski definition) is 1. The standard InChI is InChI=1S/C21H30Cl2N2O2/c1-15(26)24-17-7-5-16(6-8-17)9-12-25-13-10-18(11-14-25)27-20-4-2-3-19(22)21(20)23/h2-4,16-18H,5-14H2,1H3,(H,24,26)/t16-,17-. The van der Waals surface area contributed by atoms with E-state index in [4.69, 9.17) is 27.9 Å². The van der Waals surface area contributed by atoms with Crippen molar-refractivity contribution in [3.05, 3.63) is 28.2 Å². The minimum atomic E-state index is 0.0996. The number of piperidine rings is 1. The first-order chi connectivity index (χ1) is 13.0. The van der Waals surface area contributed by atoms with Gasteiger partial charge in [-0.3, -0.25) is 4.79 Å². The minimum Gasteiger partial charge on any atom is -0.489 e. The van der Waals surface area contributed by atoms with Gasteiger partial charge in [-0.1, -0.05) is 29.3 Å². The van der Waals surface area contributed by atoms with Crippen molar-refractivity contribution in [2.24, 2.45) is 5.92 Å². The van der Waals surface area contributed by atoms with E-state index < -0.39 is 0 Å². The maximum Gasteiger partial charge on any atom is 0.217 e. The Morgan fingerprint density at radius 2 is 1.85 bits per heavy atom. The summed E-state index contributed by atoms with van der Waals surface area (Å²) in [6, 6.07) is 5.94. The zero-order chi connectivity index (χ0) is 19.2. The molecule has 3 rings (SSSR count). The number of nitrogens with zero attached hydrogens (tertiary/aromatic N) is 1. The molecule has 1 saturated carbocycles. The number of likely N-dealkylation sites (tertiary alicyclic amines) is 1. The topological polar surface area (TPSA) is 41.6 Å². The van der Waals surface area contributed by atoms with Gasteiger partial charge < -0.3 is 15.0 Å². The summed E-state index contributed by atoms with van der Waals surface area (Å²) < 4.78 is 6.08. The highest BCUT2D eigenvalue weighted by Crippen LogP contribution is 2.33. The van der Waals surface area contributed by atoms with E-state index >= 15 is 0 Å². The third-order valence-corrected chi connectivity index (χ3v) is 6.65. The van der Waals surface area contributed by atoms with Gasteiger partial charge >= 0.3 is 0 Å². The number of carbonyl (C=O) groups excluding carboxylic acids is 1. The largest absolute Gasteiger partial charge is 0.489 e. The normalized spacial score (nSPS) is 24.6. The fourth-order valence-corrected chi connectivity index (χ4v) is 4.59. The highest BCUT2D eigenvalue weighted by molar-refractivity contribution is 6.42. The van der Waals surface area contributed by atoms with Crippen LogP contribution in [0.15, 0.2) is 18.2 Å². The van der Waals surface area contributed by atoms with Gasteiger partial charge in [0.1, 0.15) is 16.9 Å². The maximum atomic E-state index is 11.2. The zero-order valence-corrected chi connectivity index (χ0v) is 17.6. The summed E-state index contributed by atoms with van der Waals surface area (Å²) in [4.78, 5) is 13.7. The molecule has 2 fully saturated rings. The van der Waals surface area contributed by atoms with Gasteiger partial charge in [0.25, 0.3) is 0 Å². The fraction of sp³-hybridized carbons (Fsp3) is 0.667. The summed E-state index contributed by atoms with van der Waals surface area (Å²) in [6.45, 7) is 4.92. The summed E-state index contributed by atoms with van der Waals surface area (Å²) in [7, 11) is 0. The van der Waals surface area contributed by atoms with E-state index in [1.165, 1.54) is 25.8 Å². The van der Waals surface area contributed by atoms with Gasteiger partial charge in [-0.25, -0.2) is 0 Å². The highest BCUT2D eigenvalue weighted by atomic mass is 35.5. The van der Waals surface area contributed by atoms with Gasteiger partial charge in [0.15, 0.2) is 0 Å². The monoisotopic (exact) mass is 412 g/mol. The molecule has 0 atom stereocenters. The van der Waals surface area contributed by atoms with Crippen molar-refractivity contribution in [2.45, 2.75) is 64.0 Å². The molecule has 1 amide bonds. The van der Waals surface area contributed by atoms with Crippen molar-refractivity contribution in [3.63, 3.8) is 0 Å². The Morgan fingerprint density at radius 1 is 1.15 bits per heavy atom. The molecule has 0 spiro atoms. The lowest BCUT2D eigenvalue weighted by Gasteiger charge is -2.34. The molecular formula is C21H30Cl2N2O2. The van der Waals surface area contributed by atoms with Crippen molar-refractivity contribution in [1.29, 1.82) is 0 Å². The predicted octanol–water partition coefficient (Wildman–Crippen LogP) is 4.92. The van der Waals surface area contributed by atoms with Crippen LogP contribution in [0, 0.1) is 5.92 Å². The second-order valence-corrected chi connectivity index (χ2v) is 8.70. The number of hydrogen-bond acceptors (Lipinski definition) is 3. The summed E-state index contributed by atoms with van der Waals surface area (Å²) in [5.74, 6) is 1.59. The SMILES string of the molecule is CC(=O)N[C@H]1CC[C@H](CCN2CCC(Oc3cccc(Cl)c3Cl)CC2)CC1. The lowest BCUT2D eigenvalue weighted by molar-refractivity contribution is -0.119. The smallest absolute Gasteiger partial charge is 0.217 e. The first-order valence-corrected chi connectivity index (χ1v) is 10.9. The fourth-order valence-electron chi connectivity index (χ4n) is 4.25. The molecule has 1 saturated heterocycles. The third-order valence-electron chi connectivity index (χ3n) is 5.85. The molecule has 150 valence electrons. The number of ether oxygens (including phenoxy) is 1. The Bertz CT molecular complexity index is 625. The average Bonchev–Trinajstić information content (AvgIpc) is 2.66. The molecule has 0 radical (unpaired) electrons. The summed E-state index contributed by atoms with van der Waals surface area (Å²) in [5.41, 5.74) is 0. The van der Waals surface area contributed by atoms with E-state index in [1.54, 1.807) is 13.0 Å². The van der Waals surface area contributed by atoms with Crippen LogP contribution in [-0.2, 0) is 4.79 Å². The van der Waals surface area contributed by atoms with E-state index in [1.807, 2.05) is 12.1 Å². The molecule has 1 N–H and O–H groups in total. The summed E-state index contributed by atoms with van der Waals surface area (Å²) in [5, 5.41) is 4.11. The Morgan fingerprint density at radius 3 is 2.52 bits per heavy atom. The van der Waals surface area contributed by atoms with Gasteiger partial charge in [-0.15, -0.1) is 0 Å². The predicted molar refractivity (Wildman–Crippen MR) is 111 cm³/mol. The van der Waals surface area contributed by atoms with E-state index in [-0.39, 0.29) is 12.0 Å².